The molecule has 0 aliphatic rings. The zero-order valence-corrected chi connectivity index (χ0v) is 11.6. The van der Waals surface area contributed by atoms with Gasteiger partial charge in [-0.15, -0.1) is 0 Å². The Morgan fingerprint density at radius 2 is 2.19 bits per heavy atom. The first-order chi connectivity index (χ1) is 9.95. The summed E-state index contributed by atoms with van der Waals surface area (Å²) in [6, 6.07) is 4.75. The number of carboxylic acids is 1. The molecule has 7 nitrogen and oxygen atoms in total. The van der Waals surface area contributed by atoms with Crippen LogP contribution in [-0.2, 0) is 6.42 Å². The molecule has 0 bridgehead atoms. The van der Waals surface area contributed by atoms with Crippen LogP contribution < -0.4 is 0 Å². The van der Waals surface area contributed by atoms with Gasteiger partial charge in [0, 0.05) is 5.56 Å². The van der Waals surface area contributed by atoms with Crippen molar-refractivity contribution in [1.82, 2.24) is 4.98 Å². The summed E-state index contributed by atoms with van der Waals surface area (Å²) < 4.78 is 5.25. The minimum atomic E-state index is -1.23. The van der Waals surface area contributed by atoms with E-state index in [1.54, 1.807) is 19.1 Å². The van der Waals surface area contributed by atoms with E-state index in [0.29, 0.717) is 24.1 Å². The molecule has 0 aliphatic carbocycles. The summed E-state index contributed by atoms with van der Waals surface area (Å²) in [7, 11) is 0. The van der Waals surface area contributed by atoms with E-state index in [1.807, 2.05) is 6.92 Å². The number of para-hydroxylation sites is 1. The van der Waals surface area contributed by atoms with Crippen LogP contribution in [0, 0.1) is 17.0 Å². The molecule has 1 N–H and O–H groups in total. The van der Waals surface area contributed by atoms with Gasteiger partial charge >= 0.3 is 5.97 Å². The fourth-order valence-electron chi connectivity index (χ4n) is 2.11. The predicted octanol–water partition coefficient (Wildman–Crippen LogP) is 3.21. The van der Waals surface area contributed by atoms with Crippen molar-refractivity contribution in [3.63, 3.8) is 0 Å². The number of nitro benzene ring substituents is 1. The van der Waals surface area contributed by atoms with Gasteiger partial charge in [0.05, 0.1) is 10.6 Å². The molecule has 1 aromatic heterocycles. The number of benzene rings is 1. The second kappa shape index (κ2) is 5.74. The Morgan fingerprint density at radius 3 is 2.76 bits per heavy atom. The van der Waals surface area contributed by atoms with Gasteiger partial charge in [0.1, 0.15) is 5.56 Å². The molecule has 110 valence electrons. The summed E-state index contributed by atoms with van der Waals surface area (Å²) in [5, 5.41) is 20.3. The van der Waals surface area contributed by atoms with Crippen molar-refractivity contribution in [2.24, 2.45) is 0 Å². The molecule has 0 aliphatic heterocycles. The van der Waals surface area contributed by atoms with Crippen molar-refractivity contribution < 1.29 is 19.2 Å². The number of oxazole rings is 1. The highest BCUT2D eigenvalue weighted by molar-refractivity contribution is 5.86. The van der Waals surface area contributed by atoms with Gasteiger partial charge in [-0.1, -0.05) is 25.5 Å². The summed E-state index contributed by atoms with van der Waals surface area (Å²) >= 11 is 0. The van der Waals surface area contributed by atoms with Crippen LogP contribution >= 0.6 is 0 Å². The molecule has 0 spiro atoms. The van der Waals surface area contributed by atoms with E-state index in [4.69, 9.17) is 9.52 Å². The zero-order valence-electron chi connectivity index (χ0n) is 11.6. The maximum atomic E-state index is 11.2. The number of aryl methyl sites for hydroxylation is 2. The number of carbonyl (C=O) groups is 1. The molecule has 0 fully saturated rings. The molecule has 21 heavy (non-hydrogen) atoms. The molecule has 0 saturated carbocycles. The molecule has 0 amide bonds. The maximum absolute atomic E-state index is 11.2. The summed E-state index contributed by atoms with van der Waals surface area (Å²) in [6.45, 7) is 3.49. The number of hydrogen-bond donors (Lipinski definition) is 1. The first-order valence-corrected chi connectivity index (χ1v) is 6.43. The minimum Gasteiger partial charge on any atom is -0.475 e. The predicted molar refractivity (Wildman–Crippen MR) is 74.3 cm³/mol. The monoisotopic (exact) mass is 290 g/mol. The van der Waals surface area contributed by atoms with Gasteiger partial charge in [-0.05, 0) is 19.4 Å². The largest absolute Gasteiger partial charge is 0.475 e. The van der Waals surface area contributed by atoms with E-state index in [9.17, 15) is 14.9 Å². The van der Waals surface area contributed by atoms with Gasteiger partial charge in [-0.3, -0.25) is 10.1 Å². The highest BCUT2D eigenvalue weighted by Gasteiger charge is 2.25. The molecule has 7 heteroatoms. The van der Waals surface area contributed by atoms with Gasteiger partial charge in [-0.2, -0.15) is 0 Å². The van der Waals surface area contributed by atoms with Crippen LogP contribution in [0.1, 0.15) is 35.2 Å². The van der Waals surface area contributed by atoms with Crippen molar-refractivity contribution >= 4 is 11.7 Å². The Bertz CT molecular complexity index is 705. The number of carboxylic acid groups (broad SMARTS) is 1. The number of nitro groups is 1. The first kappa shape index (κ1) is 14.7. The summed E-state index contributed by atoms with van der Waals surface area (Å²) in [5.74, 6) is -1.53. The van der Waals surface area contributed by atoms with E-state index in [-0.39, 0.29) is 22.9 Å². The van der Waals surface area contributed by atoms with E-state index in [0.717, 1.165) is 0 Å². The normalized spacial score (nSPS) is 10.6. The molecule has 0 radical (unpaired) electrons. The standard InChI is InChI=1S/C14H14N2O5/c1-3-5-10-12(14(17)18)21-13(15-10)9-7-4-6-8(2)11(9)16(19)20/h4,6-7H,3,5H2,1-2H3,(H,17,18). The van der Waals surface area contributed by atoms with Crippen LogP contribution in [0.25, 0.3) is 11.5 Å². The summed E-state index contributed by atoms with van der Waals surface area (Å²) in [6.07, 6.45) is 1.13. The van der Waals surface area contributed by atoms with Gasteiger partial charge < -0.3 is 9.52 Å². The van der Waals surface area contributed by atoms with Crippen molar-refractivity contribution in [2.45, 2.75) is 26.7 Å². The van der Waals surface area contributed by atoms with Gasteiger partial charge in [0.25, 0.3) is 5.69 Å². The Balaban J connectivity index is 2.63. The number of hydrogen-bond acceptors (Lipinski definition) is 5. The zero-order chi connectivity index (χ0) is 15.6. The quantitative estimate of drug-likeness (QED) is 0.669. The Morgan fingerprint density at radius 1 is 1.48 bits per heavy atom. The topological polar surface area (TPSA) is 106 Å². The third-order valence-electron chi connectivity index (χ3n) is 3.03. The second-order valence-electron chi connectivity index (χ2n) is 4.58. The molecule has 2 aromatic rings. The lowest BCUT2D eigenvalue weighted by atomic mass is 10.1. The van der Waals surface area contributed by atoms with Gasteiger partial charge in [0.2, 0.25) is 11.7 Å². The Hall–Kier alpha value is -2.70. The smallest absolute Gasteiger partial charge is 0.373 e. The maximum Gasteiger partial charge on any atom is 0.373 e. The van der Waals surface area contributed by atoms with Crippen molar-refractivity contribution in [2.75, 3.05) is 0 Å². The van der Waals surface area contributed by atoms with E-state index in [2.05, 4.69) is 4.98 Å². The van der Waals surface area contributed by atoms with Crippen LogP contribution in [0.2, 0.25) is 0 Å². The van der Waals surface area contributed by atoms with Crippen molar-refractivity contribution in [1.29, 1.82) is 0 Å². The Kier molecular flexibility index (Phi) is 4.02. The average molecular weight is 290 g/mol. The van der Waals surface area contributed by atoms with Crippen LogP contribution in [0.15, 0.2) is 22.6 Å². The van der Waals surface area contributed by atoms with Crippen LogP contribution in [0.5, 0.6) is 0 Å². The number of aromatic nitrogens is 1. The molecule has 0 unspecified atom stereocenters. The molecule has 2 rings (SSSR count). The van der Waals surface area contributed by atoms with E-state index < -0.39 is 10.9 Å². The summed E-state index contributed by atoms with van der Waals surface area (Å²) in [4.78, 5) is 26.0. The lowest BCUT2D eigenvalue weighted by Crippen LogP contribution is -1.99. The third-order valence-corrected chi connectivity index (χ3v) is 3.03. The van der Waals surface area contributed by atoms with Crippen LogP contribution in [0.4, 0.5) is 5.69 Å². The number of nitrogens with zero attached hydrogens (tertiary/aromatic N) is 2. The lowest BCUT2D eigenvalue weighted by Gasteiger charge is -2.01. The van der Waals surface area contributed by atoms with E-state index in [1.165, 1.54) is 6.07 Å². The molecule has 1 heterocycles. The molecule has 0 atom stereocenters. The molecule has 0 saturated heterocycles. The fourth-order valence-corrected chi connectivity index (χ4v) is 2.11. The van der Waals surface area contributed by atoms with Crippen LogP contribution in [-0.4, -0.2) is 21.0 Å². The highest BCUT2D eigenvalue weighted by Crippen LogP contribution is 2.33. The summed E-state index contributed by atoms with van der Waals surface area (Å²) in [5.41, 5.74) is 0.823. The van der Waals surface area contributed by atoms with Crippen molar-refractivity contribution in [3.8, 4) is 11.5 Å². The van der Waals surface area contributed by atoms with Crippen molar-refractivity contribution in [3.05, 3.63) is 45.3 Å². The van der Waals surface area contributed by atoms with E-state index >= 15 is 0 Å². The number of aromatic carboxylic acids is 1. The van der Waals surface area contributed by atoms with Gasteiger partial charge in [-0.25, -0.2) is 9.78 Å². The second-order valence-corrected chi connectivity index (χ2v) is 4.58. The molecular weight excluding hydrogens is 276 g/mol. The third kappa shape index (κ3) is 2.76. The first-order valence-electron chi connectivity index (χ1n) is 6.43. The average Bonchev–Trinajstić information content (AvgIpc) is 2.82. The van der Waals surface area contributed by atoms with Crippen LogP contribution in [0.3, 0.4) is 0 Å². The fraction of sp³-hybridized carbons (Fsp3) is 0.286. The molecule has 1 aromatic carbocycles. The minimum absolute atomic E-state index is 0.0359. The Labute approximate surface area is 120 Å². The molecular formula is C14H14N2O5. The lowest BCUT2D eigenvalue weighted by molar-refractivity contribution is -0.384. The number of rotatable bonds is 5. The highest BCUT2D eigenvalue weighted by atomic mass is 16.6. The van der Waals surface area contributed by atoms with Gasteiger partial charge in [0.15, 0.2) is 0 Å². The SMILES string of the molecule is CCCc1nc(-c2cccc(C)c2[N+](=O)[O-])oc1C(=O)O.